The molecule has 1 fully saturated rings. The van der Waals surface area contributed by atoms with E-state index in [0.29, 0.717) is 29.7 Å². The number of halogens is 3. The van der Waals surface area contributed by atoms with Crippen LogP contribution >= 0.6 is 0 Å². The molecule has 28 heavy (non-hydrogen) atoms. The number of carbonyl (C=O) groups is 1. The smallest absolute Gasteiger partial charge is 0.416 e. The molecule has 6 heteroatoms. The Hall–Kier alpha value is -2.50. The lowest BCUT2D eigenvalue weighted by Crippen LogP contribution is -2.36. The molecule has 148 valence electrons. The normalized spacial score (nSPS) is 19.1. The summed E-state index contributed by atoms with van der Waals surface area (Å²) in [4.78, 5) is 12.9. The standard InChI is InChI=1S/C22H22F3NO2/c1-13-4-2-7-19(20(13)28-18-5-3-6-18)21(27)26-17-11-14-8-9-16(22(23,24)25)10-15(14)12-17/h2,4,7-10,17-18H,3,5-6,11-12H2,1H3,(H,26,27). The summed E-state index contributed by atoms with van der Waals surface area (Å²) in [5.41, 5.74) is 2.25. The Bertz CT molecular complexity index is 903. The number of fused-ring (bicyclic) bond motifs is 1. The third-order valence-corrected chi connectivity index (χ3v) is 5.59. The van der Waals surface area contributed by atoms with Crippen LogP contribution in [-0.4, -0.2) is 18.1 Å². The second kappa shape index (κ2) is 7.15. The monoisotopic (exact) mass is 389 g/mol. The van der Waals surface area contributed by atoms with Crippen LogP contribution < -0.4 is 10.1 Å². The van der Waals surface area contributed by atoms with E-state index in [0.717, 1.165) is 36.5 Å². The topological polar surface area (TPSA) is 38.3 Å². The molecule has 0 saturated heterocycles. The summed E-state index contributed by atoms with van der Waals surface area (Å²) in [7, 11) is 0. The number of nitrogens with one attached hydrogen (secondary N) is 1. The Kier molecular flexibility index (Phi) is 4.81. The maximum Gasteiger partial charge on any atom is 0.416 e. The second-order valence-corrected chi connectivity index (χ2v) is 7.68. The minimum atomic E-state index is -4.36. The molecule has 1 atom stereocenters. The summed E-state index contributed by atoms with van der Waals surface area (Å²) in [6, 6.07) is 9.06. The van der Waals surface area contributed by atoms with E-state index in [2.05, 4.69) is 5.32 Å². The van der Waals surface area contributed by atoms with Gasteiger partial charge in [0.15, 0.2) is 0 Å². The van der Waals surface area contributed by atoms with Crippen LogP contribution in [0.2, 0.25) is 0 Å². The second-order valence-electron chi connectivity index (χ2n) is 7.68. The minimum absolute atomic E-state index is 0.157. The van der Waals surface area contributed by atoms with E-state index in [4.69, 9.17) is 4.74 Å². The van der Waals surface area contributed by atoms with E-state index < -0.39 is 11.7 Å². The van der Waals surface area contributed by atoms with Crippen molar-refractivity contribution >= 4 is 5.91 Å². The molecule has 0 heterocycles. The van der Waals surface area contributed by atoms with Crippen molar-refractivity contribution in [3.05, 3.63) is 64.2 Å². The van der Waals surface area contributed by atoms with Gasteiger partial charge in [0.2, 0.25) is 0 Å². The molecule has 1 amide bonds. The highest BCUT2D eigenvalue weighted by Gasteiger charge is 2.33. The Morgan fingerprint density at radius 3 is 2.54 bits per heavy atom. The van der Waals surface area contributed by atoms with Crippen LogP contribution in [0.15, 0.2) is 36.4 Å². The fourth-order valence-corrected chi connectivity index (χ4v) is 3.80. The van der Waals surface area contributed by atoms with Gasteiger partial charge in [0.1, 0.15) is 5.75 Å². The number of hydrogen-bond acceptors (Lipinski definition) is 2. The molecule has 0 aromatic heterocycles. The predicted molar refractivity (Wildman–Crippen MR) is 99.6 cm³/mol. The van der Waals surface area contributed by atoms with Gasteiger partial charge in [0.05, 0.1) is 17.2 Å². The highest BCUT2D eigenvalue weighted by Crippen LogP contribution is 2.34. The Morgan fingerprint density at radius 1 is 1.11 bits per heavy atom. The van der Waals surface area contributed by atoms with Gasteiger partial charge in [-0.15, -0.1) is 0 Å². The van der Waals surface area contributed by atoms with Crippen LogP contribution in [0.3, 0.4) is 0 Å². The molecule has 0 spiro atoms. The van der Waals surface area contributed by atoms with Gasteiger partial charge in [-0.3, -0.25) is 4.79 Å². The minimum Gasteiger partial charge on any atom is -0.489 e. The van der Waals surface area contributed by atoms with Crippen LogP contribution in [0.25, 0.3) is 0 Å². The SMILES string of the molecule is Cc1cccc(C(=O)NC2Cc3ccc(C(F)(F)F)cc3C2)c1OC1CCC1. The molecule has 3 nitrogen and oxygen atoms in total. The van der Waals surface area contributed by atoms with Crippen molar-refractivity contribution in [1.29, 1.82) is 0 Å². The van der Waals surface area contributed by atoms with Crippen molar-refractivity contribution in [3.63, 3.8) is 0 Å². The molecular weight excluding hydrogens is 367 g/mol. The number of ether oxygens (including phenoxy) is 1. The lowest BCUT2D eigenvalue weighted by atomic mass is 9.96. The molecule has 2 aliphatic rings. The van der Waals surface area contributed by atoms with Crippen molar-refractivity contribution in [2.45, 2.75) is 57.3 Å². The summed E-state index contributed by atoms with van der Waals surface area (Å²) in [5, 5.41) is 2.98. The molecule has 1 unspecified atom stereocenters. The van der Waals surface area contributed by atoms with Crippen molar-refractivity contribution in [1.82, 2.24) is 5.32 Å². The average Bonchev–Trinajstić information content (AvgIpc) is 2.99. The van der Waals surface area contributed by atoms with Crippen molar-refractivity contribution in [2.75, 3.05) is 0 Å². The number of benzene rings is 2. The zero-order valence-corrected chi connectivity index (χ0v) is 15.6. The fourth-order valence-electron chi connectivity index (χ4n) is 3.80. The first-order valence-corrected chi connectivity index (χ1v) is 9.57. The van der Waals surface area contributed by atoms with Gasteiger partial charge in [-0.05, 0) is 73.9 Å². The Balaban J connectivity index is 1.48. The maximum atomic E-state index is 12.9. The summed E-state index contributed by atoms with van der Waals surface area (Å²) >= 11 is 0. The van der Waals surface area contributed by atoms with Gasteiger partial charge < -0.3 is 10.1 Å². The molecule has 2 aliphatic carbocycles. The third-order valence-electron chi connectivity index (χ3n) is 5.59. The quantitative estimate of drug-likeness (QED) is 0.812. The lowest BCUT2D eigenvalue weighted by Gasteiger charge is -2.28. The van der Waals surface area contributed by atoms with Crippen LogP contribution in [0.5, 0.6) is 5.75 Å². The molecule has 0 aliphatic heterocycles. The van der Waals surface area contributed by atoms with E-state index in [1.54, 1.807) is 6.07 Å². The molecule has 2 aromatic carbocycles. The highest BCUT2D eigenvalue weighted by molar-refractivity contribution is 5.97. The molecular formula is C22H22F3NO2. The zero-order valence-electron chi connectivity index (χ0n) is 15.6. The number of carbonyl (C=O) groups excluding carboxylic acids is 1. The number of rotatable bonds is 4. The molecule has 4 rings (SSSR count). The number of hydrogen-bond donors (Lipinski definition) is 1. The molecule has 1 N–H and O–H groups in total. The van der Waals surface area contributed by atoms with Gasteiger partial charge in [-0.25, -0.2) is 0 Å². The largest absolute Gasteiger partial charge is 0.489 e. The van der Waals surface area contributed by atoms with Gasteiger partial charge in [0.25, 0.3) is 5.91 Å². The van der Waals surface area contributed by atoms with Gasteiger partial charge in [-0.1, -0.05) is 18.2 Å². The van der Waals surface area contributed by atoms with Crippen LogP contribution in [0.4, 0.5) is 13.2 Å². The number of amides is 1. The first kappa shape index (κ1) is 18.8. The van der Waals surface area contributed by atoms with E-state index in [1.165, 1.54) is 12.1 Å². The fraction of sp³-hybridized carbons (Fsp3) is 0.409. The van der Waals surface area contributed by atoms with Crippen molar-refractivity contribution in [3.8, 4) is 5.75 Å². The van der Waals surface area contributed by atoms with Gasteiger partial charge in [0, 0.05) is 6.04 Å². The zero-order chi connectivity index (χ0) is 19.9. The highest BCUT2D eigenvalue weighted by atomic mass is 19.4. The Morgan fingerprint density at radius 2 is 1.86 bits per heavy atom. The molecule has 0 bridgehead atoms. The Labute approximate surface area is 161 Å². The number of alkyl halides is 3. The van der Waals surface area contributed by atoms with E-state index >= 15 is 0 Å². The maximum absolute atomic E-state index is 12.9. The summed E-state index contributed by atoms with van der Waals surface area (Å²) in [5.74, 6) is 0.367. The van der Waals surface area contributed by atoms with E-state index in [1.807, 2.05) is 19.1 Å². The predicted octanol–water partition coefficient (Wildman–Crippen LogP) is 4.84. The molecule has 2 aromatic rings. The van der Waals surface area contributed by atoms with Crippen LogP contribution in [0, 0.1) is 6.92 Å². The third kappa shape index (κ3) is 3.73. The summed E-state index contributed by atoms with van der Waals surface area (Å²) < 4.78 is 44.8. The van der Waals surface area contributed by atoms with E-state index in [-0.39, 0.29) is 18.1 Å². The van der Waals surface area contributed by atoms with Crippen LogP contribution in [-0.2, 0) is 19.0 Å². The lowest BCUT2D eigenvalue weighted by molar-refractivity contribution is -0.137. The first-order valence-electron chi connectivity index (χ1n) is 9.57. The summed E-state index contributed by atoms with van der Waals surface area (Å²) in [6.07, 6.45) is -0.142. The number of aryl methyl sites for hydroxylation is 1. The first-order chi connectivity index (χ1) is 13.3. The average molecular weight is 389 g/mol. The number of para-hydroxylation sites is 1. The van der Waals surface area contributed by atoms with Gasteiger partial charge >= 0.3 is 6.18 Å². The summed E-state index contributed by atoms with van der Waals surface area (Å²) in [6.45, 7) is 1.91. The van der Waals surface area contributed by atoms with Crippen molar-refractivity contribution in [2.24, 2.45) is 0 Å². The molecule has 0 radical (unpaired) electrons. The molecule has 1 saturated carbocycles. The van der Waals surface area contributed by atoms with Crippen molar-refractivity contribution < 1.29 is 22.7 Å². The van der Waals surface area contributed by atoms with Gasteiger partial charge in [-0.2, -0.15) is 13.2 Å². The van der Waals surface area contributed by atoms with Crippen LogP contribution in [0.1, 0.15) is 51.9 Å². The van der Waals surface area contributed by atoms with E-state index in [9.17, 15) is 18.0 Å².